The van der Waals surface area contributed by atoms with E-state index in [4.69, 9.17) is 4.74 Å². The number of fused-ring (bicyclic) bond motifs is 1. The Kier molecular flexibility index (Phi) is 6.57. The molecule has 0 aromatic heterocycles. The Labute approximate surface area is 204 Å². The predicted octanol–water partition coefficient (Wildman–Crippen LogP) is 2.17. The first-order valence-electron chi connectivity index (χ1n) is 12.0. The monoisotopic (exact) mass is 484 g/mol. The van der Waals surface area contributed by atoms with E-state index in [1.165, 1.54) is 0 Å². The lowest BCUT2D eigenvalue weighted by atomic mass is 9.95. The average Bonchev–Trinajstić information content (AvgIpc) is 3.04. The summed E-state index contributed by atoms with van der Waals surface area (Å²) in [4.78, 5) is 67.3. The first-order chi connectivity index (χ1) is 16.5. The minimum absolute atomic E-state index is 0.0852. The number of imide groups is 2. The zero-order valence-corrected chi connectivity index (χ0v) is 20.6. The van der Waals surface area contributed by atoms with E-state index >= 15 is 0 Å². The standard InChI is InChI=1S/C25H32N4O6/c1-25(2,3)35-24(34)27(4)14-15-10-12-28(13-11-15)17-7-5-6-16-20(17)23(33)29(22(16)32)18-8-9-19(30)26-21(18)31/h5-7,15,18H,8-14H2,1-4H3,(H,26,30,31). The summed E-state index contributed by atoms with van der Waals surface area (Å²) in [5.41, 5.74) is 0.721. The van der Waals surface area contributed by atoms with Crippen LogP contribution in [0.1, 0.15) is 67.2 Å². The van der Waals surface area contributed by atoms with Gasteiger partial charge in [-0.3, -0.25) is 29.4 Å². The Morgan fingerprint density at radius 3 is 2.40 bits per heavy atom. The van der Waals surface area contributed by atoms with E-state index < -0.39 is 35.3 Å². The molecule has 0 spiro atoms. The quantitative estimate of drug-likeness (QED) is 0.651. The van der Waals surface area contributed by atoms with Crippen LogP contribution in [0.15, 0.2) is 18.2 Å². The van der Waals surface area contributed by atoms with Crippen LogP contribution in [0.2, 0.25) is 0 Å². The lowest BCUT2D eigenvalue weighted by molar-refractivity contribution is -0.136. The smallest absolute Gasteiger partial charge is 0.410 e. The fourth-order valence-corrected chi connectivity index (χ4v) is 4.92. The molecule has 1 unspecified atom stereocenters. The zero-order chi connectivity index (χ0) is 25.5. The van der Waals surface area contributed by atoms with E-state index in [0.29, 0.717) is 30.9 Å². The number of anilines is 1. The summed E-state index contributed by atoms with van der Waals surface area (Å²) in [6, 6.07) is 4.19. The van der Waals surface area contributed by atoms with Crippen LogP contribution in [0, 0.1) is 5.92 Å². The summed E-state index contributed by atoms with van der Waals surface area (Å²) in [7, 11) is 1.73. The summed E-state index contributed by atoms with van der Waals surface area (Å²) in [6.45, 7) is 7.43. The second-order valence-electron chi connectivity index (χ2n) is 10.4. The molecule has 10 heteroatoms. The van der Waals surface area contributed by atoms with E-state index in [0.717, 1.165) is 17.7 Å². The van der Waals surface area contributed by atoms with Crippen LogP contribution in [0.4, 0.5) is 10.5 Å². The SMILES string of the molecule is CN(CC1CCN(c2cccc3c2C(=O)N(C2CCC(=O)NC2=O)C3=O)CC1)C(=O)OC(C)(C)C. The number of rotatable bonds is 4. The zero-order valence-electron chi connectivity index (χ0n) is 20.6. The van der Waals surface area contributed by atoms with E-state index in [1.54, 1.807) is 24.1 Å². The van der Waals surface area contributed by atoms with Gasteiger partial charge in [0.1, 0.15) is 11.6 Å². The first kappa shape index (κ1) is 24.7. The Morgan fingerprint density at radius 1 is 1.09 bits per heavy atom. The Bertz CT molecular complexity index is 1070. The third-order valence-electron chi connectivity index (χ3n) is 6.64. The molecule has 0 bridgehead atoms. The fraction of sp³-hybridized carbons (Fsp3) is 0.560. The van der Waals surface area contributed by atoms with Gasteiger partial charge in [-0.05, 0) is 58.1 Å². The highest BCUT2D eigenvalue weighted by Gasteiger charge is 2.46. The van der Waals surface area contributed by atoms with Gasteiger partial charge in [0.2, 0.25) is 11.8 Å². The molecule has 0 radical (unpaired) electrons. The Hall–Kier alpha value is -3.43. The molecule has 2 fully saturated rings. The van der Waals surface area contributed by atoms with Crippen molar-refractivity contribution in [3.8, 4) is 0 Å². The molecule has 1 N–H and O–H groups in total. The molecule has 35 heavy (non-hydrogen) atoms. The number of amides is 5. The molecule has 10 nitrogen and oxygen atoms in total. The molecule has 0 aliphatic carbocycles. The van der Waals surface area contributed by atoms with E-state index in [9.17, 15) is 24.0 Å². The molecular weight excluding hydrogens is 452 g/mol. The molecule has 1 aromatic rings. The van der Waals surface area contributed by atoms with E-state index in [-0.39, 0.29) is 30.4 Å². The van der Waals surface area contributed by atoms with Crippen molar-refractivity contribution in [3.63, 3.8) is 0 Å². The van der Waals surface area contributed by atoms with Gasteiger partial charge in [-0.25, -0.2) is 4.79 Å². The first-order valence-corrected chi connectivity index (χ1v) is 12.0. The van der Waals surface area contributed by atoms with Crippen LogP contribution in [-0.4, -0.2) is 77.8 Å². The molecule has 2 saturated heterocycles. The summed E-state index contributed by atoms with van der Waals surface area (Å²) in [5, 5.41) is 2.22. The number of ether oxygens (including phenoxy) is 1. The minimum atomic E-state index is -0.984. The lowest BCUT2D eigenvalue weighted by Crippen LogP contribution is -2.54. The summed E-state index contributed by atoms with van der Waals surface area (Å²) < 4.78 is 5.43. The molecule has 1 atom stereocenters. The van der Waals surface area contributed by atoms with Crippen molar-refractivity contribution in [3.05, 3.63) is 29.3 Å². The van der Waals surface area contributed by atoms with Gasteiger partial charge in [0.15, 0.2) is 0 Å². The van der Waals surface area contributed by atoms with Crippen molar-refractivity contribution in [2.24, 2.45) is 5.92 Å². The van der Waals surface area contributed by atoms with Crippen LogP contribution >= 0.6 is 0 Å². The molecular formula is C25H32N4O6. The third-order valence-corrected chi connectivity index (χ3v) is 6.64. The maximum Gasteiger partial charge on any atom is 0.410 e. The van der Waals surface area contributed by atoms with Gasteiger partial charge >= 0.3 is 6.09 Å². The largest absolute Gasteiger partial charge is 0.444 e. The number of carbonyl (C=O) groups excluding carboxylic acids is 5. The highest BCUT2D eigenvalue weighted by molar-refractivity contribution is 6.25. The second-order valence-corrected chi connectivity index (χ2v) is 10.4. The van der Waals surface area contributed by atoms with E-state index in [2.05, 4.69) is 10.2 Å². The average molecular weight is 485 g/mol. The summed E-state index contributed by atoms with van der Waals surface area (Å²) in [6.07, 6.45) is 1.49. The number of carbonyl (C=O) groups is 5. The molecule has 3 aliphatic heterocycles. The van der Waals surface area contributed by atoms with Gasteiger partial charge in [0.05, 0.1) is 16.8 Å². The molecule has 188 valence electrons. The van der Waals surface area contributed by atoms with Crippen LogP contribution in [0.25, 0.3) is 0 Å². The highest BCUT2D eigenvalue weighted by atomic mass is 16.6. The predicted molar refractivity (Wildman–Crippen MR) is 127 cm³/mol. The van der Waals surface area contributed by atoms with Crippen LogP contribution in [0.3, 0.4) is 0 Å². The molecule has 5 amide bonds. The number of hydrogen-bond donors (Lipinski definition) is 1. The maximum absolute atomic E-state index is 13.4. The third kappa shape index (κ3) is 5.01. The van der Waals surface area contributed by atoms with Crippen molar-refractivity contribution < 1.29 is 28.7 Å². The van der Waals surface area contributed by atoms with Crippen LogP contribution in [0.5, 0.6) is 0 Å². The van der Waals surface area contributed by atoms with Crippen LogP contribution < -0.4 is 10.2 Å². The van der Waals surface area contributed by atoms with Crippen molar-refractivity contribution in [1.82, 2.24) is 15.1 Å². The van der Waals surface area contributed by atoms with Crippen molar-refractivity contribution >= 4 is 35.4 Å². The Morgan fingerprint density at radius 2 is 1.77 bits per heavy atom. The second kappa shape index (κ2) is 9.31. The number of benzene rings is 1. The highest BCUT2D eigenvalue weighted by Crippen LogP contribution is 2.35. The van der Waals surface area contributed by atoms with Gasteiger partial charge in [-0.15, -0.1) is 0 Å². The number of nitrogens with zero attached hydrogens (tertiary/aromatic N) is 3. The van der Waals surface area contributed by atoms with Gasteiger partial charge in [0, 0.05) is 33.1 Å². The summed E-state index contributed by atoms with van der Waals surface area (Å²) in [5.74, 6) is -1.73. The Balaban J connectivity index is 1.44. The van der Waals surface area contributed by atoms with Crippen LogP contribution in [-0.2, 0) is 14.3 Å². The summed E-state index contributed by atoms with van der Waals surface area (Å²) >= 11 is 0. The van der Waals surface area contributed by atoms with Gasteiger partial charge in [0.25, 0.3) is 11.8 Å². The number of piperidine rings is 2. The maximum atomic E-state index is 13.4. The molecule has 3 heterocycles. The van der Waals surface area contributed by atoms with Crippen molar-refractivity contribution in [1.29, 1.82) is 0 Å². The fourth-order valence-electron chi connectivity index (χ4n) is 4.92. The minimum Gasteiger partial charge on any atom is -0.444 e. The van der Waals surface area contributed by atoms with Gasteiger partial charge in [-0.1, -0.05) is 6.07 Å². The molecule has 0 saturated carbocycles. The number of nitrogens with one attached hydrogen (secondary N) is 1. The van der Waals surface area contributed by atoms with E-state index in [1.807, 2.05) is 26.8 Å². The molecule has 1 aromatic carbocycles. The van der Waals surface area contributed by atoms with Gasteiger partial charge < -0.3 is 14.5 Å². The van der Waals surface area contributed by atoms with Crippen molar-refractivity contribution in [2.45, 2.75) is 58.1 Å². The normalized spacial score (nSPS) is 21.2. The molecule has 3 aliphatic rings. The van der Waals surface area contributed by atoms with Crippen molar-refractivity contribution in [2.75, 3.05) is 31.6 Å². The topological polar surface area (TPSA) is 116 Å². The molecule has 4 rings (SSSR count). The lowest BCUT2D eigenvalue weighted by Gasteiger charge is -2.36. The number of hydrogen-bond acceptors (Lipinski definition) is 7. The van der Waals surface area contributed by atoms with Gasteiger partial charge in [-0.2, -0.15) is 0 Å².